The number of amides is 3. The van der Waals surface area contributed by atoms with E-state index >= 15 is 0 Å². The van der Waals surface area contributed by atoms with Gasteiger partial charge < -0.3 is 20.0 Å². The van der Waals surface area contributed by atoms with Crippen LogP contribution in [0.1, 0.15) is 45.7 Å². The Hall–Kier alpha value is -2.74. The Morgan fingerprint density at radius 2 is 2.03 bits per heavy atom. The molecule has 1 fully saturated rings. The molecule has 0 saturated carbocycles. The van der Waals surface area contributed by atoms with Gasteiger partial charge in [0.15, 0.2) is 5.76 Å². The van der Waals surface area contributed by atoms with Crippen LogP contribution in [0, 0.1) is 6.92 Å². The van der Waals surface area contributed by atoms with Crippen molar-refractivity contribution in [3.63, 3.8) is 0 Å². The molecular formula is C21H23N3O4S. The number of benzene rings is 1. The molecule has 8 heteroatoms. The van der Waals surface area contributed by atoms with Crippen LogP contribution in [0.4, 0.5) is 5.69 Å². The fraction of sp³-hybridized carbons (Fsp3) is 0.381. The Kier molecular flexibility index (Phi) is 5.62. The molecule has 0 aliphatic carbocycles. The maximum atomic E-state index is 12.9. The van der Waals surface area contributed by atoms with Gasteiger partial charge >= 0.3 is 0 Å². The van der Waals surface area contributed by atoms with Gasteiger partial charge in [-0.15, -0.1) is 11.8 Å². The molecule has 3 amide bonds. The molecule has 0 bridgehead atoms. The summed E-state index contributed by atoms with van der Waals surface area (Å²) in [5.41, 5.74) is 2.09. The van der Waals surface area contributed by atoms with Gasteiger partial charge in [0.25, 0.3) is 11.8 Å². The van der Waals surface area contributed by atoms with Crippen molar-refractivity contribution >= 4 is 35.2 Å². The summed E-state index contributed by atoms with van der Waals surface area (Å²) in [5.74, 6) is 0.792. The number of hydrogen-bond donors (Lipinski definition) is 2. The van der Waals surface area contributed by atoms with Gasteiger partial charge in [0.2, 0.25) is 5.91 Å². The third-order valence-electron chi connectivity index (χ3n) is 5.27. The van der Waals surface area contributed by atoms with Crippen molar-refractivity contribution in [3.05, 3.63) is 47.4 Å². The first kappa shape index (κ1) is 19.6. The molecule has 2 N–H and O–H groups in total. The van der Waals surface area contributed by atoms with Crippen LogP contribution in [-0.4, -0.2) is 47.5 Å². The minimum Gasteiger partial charge on any atom is -0.459 e. The number of carbonyl (C=O) groups is 3. The van der Waals surface area contributed by atoms with Crippen LogP contribution < -0.4 is 10.6 Å². The lowest BCUT2D eigenvalue weighted by Crippen LogP contribution is -2.46. The quantitative estimate of drug-likeness (QED) is 0.807. The first-order chi connectivity index (χ1) is 14.0. The Morgan fingerprint density at radius 1 is 1.24 bits per heavy atom. The zero-order chi connectivity index (χ0) is 20.4. The van der Waals surface area contributed by atoms with Crippen LogP contribution in [0.3, 0.4) is 0 Å². The number of fused-ring (bicyclic) bond motifs is 1. The van der Waals surface area contributed by atoms with E-state index in [0.29, 0.717) is 49.4 Å². The molecule has 0 spiro atoms. The highest BCUT2D eigenvalue weighted by atomic mass is 32.2. The number of furan rings is 1. The minimum absolute atomic E-state index is 0.0128. The van der Waals surface area contributed by atoms with Gasteiger partial charge in [-0.3, -0.25) is 14.4 Å². The molecule has 1 saturated heterocycles. The number of anilines is 1. The lowest BCUT2D eigenvalue weighted by molar-refractivity contribution is -0.115. The van der Waals surface area contributed by atoms with Crippen molar-refractivity contribution in [2.75, 3.05) is 24.2 Å². The lowest BCUT2D eigenvalue weighted by atomic mass is 10.0. The van der Waals surface area contributed by atoms with Crippen molar-refractivity contribution in [1.82, 2.24) is 10.2 Å². The summed E-state index contributed by atoms with van der Waals surface area (Å²) in [6, 6.07) is 7.26. The van der Waals surface area contributed by atoms with Crippen molar-refractivity contribution in [1.29, 1.82) is 0 Å². The van der Waals surface area contributed by atoms with E-state index in [-0.39, 0.29) is 23.8 Å². The van der Waals surface area contributed by atoms with E-state index in [0.717, 1.165) is 16.2 Å². The number of rotatable bonds is 3. The van der Waals surface area contributed by atoms with Crippen LogP contribution in [-0.2, 0) is 4.79 Å². The average molecular weight is 413 g/mol. The number of piperidine rings is 1. The molecule has 2 aliphatic rings. The molecule has 1 aromatic heterocycles. The first-order valence-electron chi connectivity index (χ1n) is 9.72. The molecule has 0 unspecified atom stereocenters. The fourth-order valence-electron chi connectivity index (χ4n) is 3.62. The van der Waals surface area contributed by atoms with Crippen LogP contribution in [0.2, 0.25) is 0 Å². The minimum atomic E-state index is -0.212. The molecule has 0 atom stereocenters. The topological polar surface area (TPSA) is 91.7 Å². The second-order valence-electron chi connectivity index (χ2n) is 7.33. The standard InChI is InChI=1S/C21H23N3O4S/c1-13-6-10-28-19(13)20(26)22-15-4-8-24(9-5-15)21(27)14-2-3-17-16(12-14)23-18(25)7-11-29-17/h2-3,6,10,12,15H,4-5,7-9,11H2,1H3,(H,22,26)(H,23,25). The van der Waals surface area contributed by atoms with Crippen molar-refractivity contribution in [2.45, 2.75) is 37.1 Å². The Balaban J connectivity index is 1.36. The van der Waals surface area contributed by atoms with E-state index in [1.54, 1.807) is 28.8 Å². The van der Waals surface area contributed by atoms with Crippen molar-refractivity contribution < 1.29 is 18.8 Å². The Labute approximate surface area is 173 Å². The lowest BCUT2D eigenvalue weighted by Gasteiger charge is -2.32. The zero-order valence-electron chi connectivity index (χ0n) is 16.2. The highest BCUT2D eigenvalue weighted by Gasteiger charge is 2.26. The molecule has 2 aromatic rings. The molecule has 152 valence electrons. The third-order valence-corrected chi connectivity index (χ3v) is 6.35. The summed E-state index contributed by atoms with van der Waals surface area (Å²) in [5, 5.41) is 5.87. The number of nitrogens with one attached hydrogen (secondary N) is 2. The van der Waals surface area contributed by atoms with Crippen LogP contribution in [0.5, 0.6) is 0 Å². The van der Waals surface area contributed by atoms with Gasteiger partial charge in [0.05, 0.1) is 12.0 Å². The molecule has 1 aromatic carbocycles. The van der Waals surface area contributed by atoms with Crippen molar-refractivity contribution in [2.24, 2.45) is 0 Å². The summed E-state index contributed by atoms with van der Waals surface area (Å²) in [7, 11) is 0. The van der Waals surface area contributed by atoms with Crippen LogP contribution in [0.15, 0.2) is 39.8 Å². The molecule has 4 rings (SSSR count). The summed E-state index contributed by atoms with van der Waals surface area (Å²) in [4.78, 5) is 39.8. The largest absolute Gasteiger partial charge is 0.459 e. The van der Waals surface area contributed by atoms with E-state index in [1.165, 1.54) is 6.26 Å². The van der Waals surface area contributed by atoms with E-state index in [4.69, 9.17) is 4.42 Å². The molecule has 2 aliphatic heterocycles. The van der Waals surface area contributed by atoms with Crippen LogP contribution >= 0.6 is 11.8 Å². The SMILES string of the molecule is Cc1ccoc1C(=O)NC1CCN(C(=O)c2ccc3c(c2)NC(=O)CCS3)CC1. The predicted octanol–water partition coefficient (Wildman–Crippen LogP) is 3.06. The molecule has 3 heterocycles. The highest BCUT2D eigenvalue weighted by molar-refractivity contribution is 7.99. The van der Waals surface area contributed by atoms with Gasteiger partial charge in [-0.1, -0.05) is 0 Å². The van der Waals surface area contributed by atoms with E-state index in [9.17, 15) is 14.4 Å². The van der Waals surface area contributed by atoms with E-state index in [2.05, 4.69) is 10.6 Å². The Morgan fingerprint density at radius 3 is 2.76 bits per heavy atom. The second-order valence-corrected chi connectivity index (χ2v) is 8.47. The summed E-state index contributed by atoms with van der Waals surface area (Å²) in [6.45, 7) is 2.97. The first-order valence-corrected chi connectivity index (χ1v) is 10.7. The number of thioether (sulfide) groups is 1. The van der Waals surface area contributed by atoms with E-state index < -0.39 is 0 Å². The number of nitrogens with zero attached hydrogens (tertiary/aromatic N) is 1. The third kappa shape index (κ3) is 4.32. The Bertz CT molecular complexity index is 947. The highest BCUT2D eigenvalue weighted by Crippen LogP contribution is 2.32. The molecule has 7 nitrogen and oxygen atoms in total. The molecule has 0 radical (unpaired) electrons. The van der Waals surface area contributed by atoms with Crippen molar-refractivity contribution in [3.8, 4) is 0 Å². The summed E-state index contributed by atoms with van der Waals surface area (Å²) < 4.78 is 5.24. The second kappa shape index (κ2) is 8.32. The monoisotopic (exact) mass is 413 g/mol. The maximum absolute atomic E-state index is 12.9. The molecule has 29 heavy (non-hydrogen) atoms. The fourth-order valence-corrected chi connectivity index (χ4v) is 4.56. The molecular weight excluding hydrogens is 390 g/mol. The van der Waals surface area contributed by atoms with Gasteiger partial charge in [0, 0.05) is 47.3 Å². The number of aryl methyl sites for hydroxylation is 1. The van der Waals surface area contributed by atoms with Gasteiger partial charge in [-0.2, -0.15) is 0 Å². The smallest absolute Gasteiger partial charge is 0.287 e. The maximum Gasteiger partial charge on any atom is 0.287 e. The van der Waals surface area contributed by atoms with Crippen LogP contribution in [0.25, 0.3) is 0 Å². The number of hydrogen-bond acceptors (Lipinski definition) is 5. The summed E-state index contributed by atoms with van der Waals surface area (Å²) >= 11 is 1.62. The normalized spacial score (nSPS) is 17.3. The number of carbonyl (C=O) groups excluding carboxylic acids is 3. The predicted molar refractivity (Wildman–Crippen MR) is 110 cm³/mol. The van der Waals surface area contributed by atoms with Gasteiger partial charge in [-0.05, 0) is 44.0 Å². The number of likely N-dealkylation sites (tertiary alicyclic amines) is 1. The summed E-state index contributed by atoms with van der Waals surface area (Å²) in [6.07, 6.45) is 3.36. The van der Waals surface area contributed by atoms with Gasteiger partial charge in [-0.25, -0.2) is 0 Å². The zero-order valence-corrected chi connectivity index (χ0v) is 17.0. The van der Waals surface area contributed by atoms with Gasteiger partial charge in [0.1, 0.15) is 0 Å². The average Bonchev–Trinajstić information content (AvgIpc) is 3.05. The van der Waals surface area contributed by atoms with E-state index in [1.807, 2.05) is 19.1 Å².